The topological polar surface area (TPSA) is 29.5 Å². The van der Waals surface area contributed by atoms with Crippen LogP contribution in [-0.4, -0.2) is 17.8 Å². The highest BCUT2D eigenvalue weighted by Gasteiger charge is 2.43. The fourth-order valence-electron chi connectivity index (χ4n) is 4.45. The summed E-state index contributed by atoms with van der Waals surface area (Å²) in [4.78, 5) is 0. The Labute approximate surface area is 128 Å². The second kappa shape index (κ2) is 5.64. The Balaban J connectivity index is 1.71. The standard InChI is InChI=1S/C19H28O2/c1-15-5-6-17(21-2)16(13-15)14-19(20)11-9-18(10-12-19)7-3-4-8-18/h5-6,13,20H,3-4,7-12,14H2,1-2H3. The van der Waals surface area contributed by atoms with Crippen LogP contribution in [0.5, 0.6) is 5.75 Å². The average Bonchev–Trinajstić information content (AvgIpc) is 2.92. The maximum Gasteiger partial charge on any atom is 0.122 e. The normalized spacial score (nSPS) is 23.4. The highest BCUT2D eigenvalue weighted by Crippen LogP contribution is 2.51. The van der Waals surface area contributed by atoms with Crippen molar-refractivity contribution in [1.82, 2.24) is 0 Å². The lowest BCUT2D eigenvalue weighted by molar-refractivity contribution is -0.0325. The summed E-state index contributed by atoms with van der Waals surface area (Å²) >= 11 is 0. The maximum absolute atomic E-state index is 11.0. The van der Waals surface area contributed by atoms with Crippen molar-refractivity contribution in [3.05, 3.63) is 29.3 Å². The predicted octanol–water partition coefficient (Wildman–Crippen LogP) is 4.41. The summed E-state index contributed by atoms with van der Waals surface area (Å²) in [6.07, 6.45) is 10.6. The number of methoxy groups -OCH3 is 1. The van der Waals surface area contributed by atoms with Gasteiger partial charge in [-0.1, -0.05) is 30.5 Å². The van der Waals surface area contributed by atoms with Crippen molar-refractivity contribution in [1.29, 1.82) is 0 Å². The van der Waals surface area contributed by atoms with Crippen molar-refractivity contribution in [2.75, 3.05) is 7.11 Å². The molecule has 0 atom stereocenters. The molecule has 0 aliphatic heterocycles. The third kappa shape index (κ3) is 3.11. The molecule has 0 amide bonds. The Kier molecular flexibility index (Phi) is 4.00. The molecule has 1 aromatic carbocycles. The molecule has 1 N–H and O–H groups in total. The first-order valence-corrected chi connectivity index (χ1v) is 8.40. The van der Waals surface area contributed by atoms with Crippen molar-refractivity contribution in [2.24, 2.45) is 5.41 Å². The number of hydrogen-bond donors (Lipinski definition) is 1. The molecule has 0 unspecified atom stereocenters. The number of aryl methyl sites for hydroxylation is 1. The lowest BCUT2D eigenvalue weighted by atomic mass is 9.66. The second-order valence-corrected chi connectivity index (χ2v) is 7.42. The van der Waals surface area contributed by atoms with Crippen molar-refractivity contribution >= 4 is 0 Å². The molecule has 1 aromatic rings. The van der Waals surface area contributed by atoms with Gasteiger partial charge in [0, 0.05) is 6.42 Å². The summed E-state index contributed by atoms with van der Waals surface area (Å²) in [6.45, 7) is 2.10. The number of aliphatic hydroxyl groups is 1. The van der Waals surface area contributed by atoms with E-state index in [1.54, 1.807) is 7.11 Å². The van der Waals surface area contributed by atoms with Gasteiger partial charge in [-0.3, -0.25) is 0 Å². The zero-order valence-electron chi connectivity index (χ0n) is 13.5. The highest BCUT2D eigenvalue weighted by molar-refractivity contribution is 5.38. The molecule has 116 valence electrons. The predicted molar refractivity (Wildman–Crippen MR) is 85.8 cm³/mol. The average molecular weight is 288 g/mol. The first kappa shape index (κ1) is 14.9. The Morgan fingerprint density at radius 2 is 1.71 bits per heavy atom. The molecule has 0 radical (unpaired) electrons. The molecule has 0 saturated heterocycles. The van der Waals surface area contributed by atoms with Crippen molar-refractivity contribution in [3.8, 4) is 5.75 Å². The third-order valence-corrected chi connectivity index (χ3v) is 5.86. The number of ether oxygens (including phenoxy) is 1. The van der Waals surface area contributed by atoms with Gasteiger partial charge in [0.2, 0.25) is 0 Å². The molecule has 2 aliphatic rings. The molecule has 2 heteroatoms. The van der Waals surface area contributed by atoms with E-state index >= 15 is 0 Å². The van der Waals surface area contributed by atoms with Gasteiger partial charge in [-0.25, -0.2) is 0 Å². The number of rotatable bonds is 3. The van der Waals surface area contributed by atoms with Gasteiger partial charge in [0.15, 0.2) is 0 Å². The SMILES string of the molecule is COc1ccc(C)cc1CC1(O)CCC2(CCCC2)CC1. The van der Waals surface area contributed by atoms with Crippen molar-refractivity contribution in [2.45, 2.75) is 70.3 Å². The van der Waals surface area contributed by atoms with Crippen LogP contribution in [0.15, 0.2) is 18.2 Å². The van der Waals surface area contributed by atoms with Gasteiger partial charge in [-0.05, 0) is 62.5 Å². The molecule has 2 fully saturated rings. The fourth-order valence-corrected chi connectivity index (χ4v) is 4.45. The van der Waals surface area contributed by atoms with Gasteiger partial charge in [0.25, 0.3) is 0 Å². The summed E-state index contributed by atoms with van der Waals surface area (Å²) in [7, 11) is 1.71. The molecule has 2 nitrogen and oxygen atoms in total. The molecule has 3 rings (SSSR count). The molecule has 1 spiro atoms. The Morgan fingerprint density at radius 1 is 1.05 bits per heavy atom. The number of benzene rings is 1. The molecule has 21 heavy (non-hydrogen) atoms. The van der Waals surface area contributed by atoms with Crippen LogP contribution < -0.4 is 4.74 Å². The van der Waals surface area contributed by atoms with Crippen molar-refractivity contribution < 1.29 is 9.84 Å². The maximum atomic E-state index is 11.0. The van der Waals surface area contributed by atoms with Crippen LogP contribution in [0.2, 0.25) is 0 Å². The van der Waals surface area contributed by atoms with Gasteiger partial charge >= 0.3 is 0 Å². The lowest BCUT2D eigenvalue weighted by Gasteiger charge is -2.42. The Hall–Kier alpha value is -1.02. The summed E-state index contributed by atoms with van der Waals surface area (Å²) in [5, 5.41) is 11.0. The monoisotopic (exact) mass is 288 g/mol. The summed E-state index contributed by atoms with van der Waals surface area (Å²) in [5.41, 5.74) is 2.43. The van der Waals surface area contributed by atoms with Gasteiger partial charge < -0.3 is 9.84 Å². The molecule has 2 aliphatic carbocycles. The zero-order valence-corrected chi connectivity index (χ0v) is 13.5. The Bertz CT molecular complexity index is 490. The van der Waals surface area contributed by atoms with E-state index in [1.165, 1.54) is 44.1 Å². The van der Waals surface area contributed by atoms with E-state index in [0.717, 1.165) is 30.6 Å². The molecular weight excluding hydrogens is 260 g/mol. The lowest BCUT2D eigenvalue weighted by Crippen LogP contribution is -2.39. The van der Waals surface area contributed by atoms with E-state index in [4.69, 9.17) is 4.74 Å². The van der Waals surface area contributed by atoms with Crippen LogP contribution in [-0.2, 0) is 6.42 Å². The van der Waals surface area contributed by atoms with E-state index in [9.17, 15) is 5.11 Å². The highest BCUT2D eigenvalue weighted by atomic mass is 16.5. The smallest absolute Gasteiger partial charge is 0.122 e. The summed E-state index contributed by atoms with van der Waals surface area (Å²) in [6, 6.07) is 6.26. The molecule has 0 aromatic heterocycles. The first-order chi connectivity index (χ1) is 10.0. The molecule has 0 heterocycles. The molecule has 0 bridgehead atoms. The zero-order chi connectivity index (χ0) is 14.9. The fraction of sp³-hybridized carbons (Fsp3) is 0.684. The quantitative estimate of drug-likeness (QED) is 0.892. The van der Waals surface area contributed by atoms with E-state index in [2.05, 4.69) is 19.1 Å². The van der Waals surface area contributed by atoms with Crippen LogP contribution in [0.1, 0.15) is 62.5 Å². The third-order valence-electron chi connectivity index (χ3n) is 5.86. The first-order valence-electron chi connectivity index (χ1n) is 8.40. The summed E-state index contributed by atoms with van der Waals surface area (Å²) < 4.78 is 5.47. The van der Waals surface area contributed by atoms with Crippen LogP contribution in [0, 0.1) is 12.3 Å². The van der Waals surface area contributed by atoms with E-state index in [0.29, 0.717) is 5.41 Å². The minimum absolute atomic E-state index is 0.533. The van der Waals surface area contributed by atoms with E-state index in [1.807, 2.05) is 6.07 Å². The van der Waals surface area contributed by atoms with Gasteiger partial charge in [0.05, 0.1) is 12.7 Å². The van der Waals surface area contributed by atoms with Crippen LogP contribution >= 0.6 is 0 Å². The number of hydrogen-bond acceptors (Lipinski definition) is 2. The van der Waals surface area contributed by atoms with Crippen LogP contribution in [0.3, 0.4) is 0 Å². The van der Waals surface area contributed by atoms with Crippen LogP contribution in [0.25, 0.3) is 0 Å². The molecular formula is C19H28O2. The van der Waals surface area contributed by atoms with E-state index in [-0.39, 0.29) is 0 Å². The van der Waals surface area contributed by atoms with E-state index < -0.39 is 5.60 Å². The second-order valence-electron chi connectivity index (χ2n) is 7.42. The molecule has 2 saturated carbocycles. The minimum atomic E-state index is -0.533. The summed E-state index contributed by atoms with van der Waals surface area (Å²) in [5.74, 6) is 0.912. The minimum Gasteiger partial charge on any atom is -0.496 e. The Morgan fingerprint density at radius 3 is 2.33 bits per heavy atom. The van der Waals surface area contributed by atoms with Crippen LogP contribution in [0.4, 0.5) is 0 Å². The van der Waals surface area contributed by atoms with Gasteiger partial charge in [0.1, 0.15) is 5.75 Å². The van der Waals surface area contributed by atoms with Gasteiger partial charge in [-0.2, -0.15) is 0 Å². The van der Waals surface area contributed by atoms with Crippen molar-refractivity contribution in [3.63, 3.8) is 0 Å². The van der Waals surface area contributed by atoms with Gasteiger partial charge in [-0.15, -0.1) is 0 Å². The largest absolute Gasteiger partial charge is 0.496 e.